The maximum atomic E-state index is 12.7. The van der Waals surface area contributed by atoms with E-state index in [0.29, 0.717) is 19.0 Å². The van der Waals surface area contributed by atoms with E-state index in [4.69, 9.17) is 0 Å². The molecule has 0 radical (unpaired) electrons. The number of rotatable bonds is 6. The van der Waals surface area contributed by atoms with Gasteiger partial charge in [0.05, 0.1) is 4.90 Å². The minimum Gasteiger partial charge on any atom is -0.346 e. The quantitative estimate of drug-likeness (QED) is 0.828. The lowest BCUT2D eigenvalue weighted by Crippen LogP contribution is -2.25. The van der Waals surface area contributed by atoms with Crippen molar-refractivity contribution in [2.24, 2.45) is 0 Å². The second-order valence-corrected chi connectivity index (χ2v) is 9.23. The Bertz CT molecular complexity index is 973. The van der Waals surface area contributed by atoms with Gasteiger partial charge in [-0.1, -0.05) is 0 Å². The molecule has 1 aliphatic carbocycles. The molecule has 7 heteroatoms. The molecule has 6 nitrogen and oxygen atoms in total. The number of aryl methyl sites for hydroxylation is 1. The van der Waals surface area contributed by atoms with Crippen molar-refractivity contribution in [3.8, 4) is 0 Å². The fraction of sp³-hybridized carbons (Fsp3) is 0.450. The highest BCUT2D eigenvalue weighted by molar-refractivity contribution is 7.89. The predicted octanol–water partition coefficient (Wildman–Crippen LogP) is 3.05. The van der Waals surface area contributed by atoms with E-state index in [1.165, 1.54) is 18.5 Å². The first-order chi connectivity index (χ1) is 12.9. The van der Waals surface area contributed by atoms with Crippen LogP contribution in [0.15, 0.2) is 35.2 Å². The Hall–Kier alpha value is -2.12. The first kappa shape index (κ1) is 18.3. The number of aromatic nitrogens is 1. The molecule has 0 bridgehead atoms. The molecule has 4 rings (SSSR count). The Morgan fingerprint density at radius 1 is 1.15 bits per heavy atom. The Balaban J connectivity index is 1.47. The number of carbonyl (C=O) groups is 1. The minimum atomic E-state index is -3.60. The van der Waals surface area contributed by atoms with Crippen LogP contribution >= 0.6 is 0 Å². The van der Waals surface area contributed by atoms with Gasteiger partial charge in [-0.2, -0.15) is 0 Å². The zero-order valence-corrected chi connectivity index (χ0v) is 16.6. The molecule has 0 spiro atoms. The molecule has 1 aliphatic heterocycles. The van der Waals surface area contributed by atoms with Gasteiger partial charge in [-0.05, 0) is 69.0 Å². The number of nitrogens with zero attached hydrogens (tertiary/aromatic N) is 2. The van der Waals surface area contributed by atoms with Gasteiger partial charge in [0.2, 0.25) is 15.9 Å². The molecule has 0 unspecified atom stereocenters. The Morgan fingerprint density at radius 2 is 1.85 bits per heavy atom. The summed E-state index contributed by atoms with van der Waals surface area (Å²) in [6, 6.07) is 9.19. The number of benzene rings is 1. The molecular weight excluding hydrogens is 362 g/mol. The third-order valence-electron chi connectivity index (χ3n) is 5.49. The summed E-state index contributed by atoms with van der Waals surface area (Å²) in [5.74, 6) is 0.0924. The smallest absolute Gasteiger partial charge is 0.240 e. The average molecular weight is 388 g/mol. The van der Waals surface area contributed by atoms with Gasteiger partial charge in [0.15, 0.2) is 0 Å². The van der Waals surface area contributed by atoms with Gasteiger partial charge >= 0.3 is 0 Å². The summed E-state index contributed by atoms with van der Waals surface area (Å²) in [5, 5.41) is 0. The fourth-order valence-corrected chi connectivity index (χ4v) is 4.91. The van der Waals surface area contributed by atoms with Crippen molar-refractivity contribution in [1.82, 2.24) is 9.29 Å². The molecule has 1 saturated heterocycles. The lowest BCUT2D eigenvalue weighted by atomic mass is 10.2. The van der Waals surface area contributed by atoms with Crippen LogP contribution in [0.4, 0.5) is 5.69 Å². The van der Waals surface area contributed by atoms with Gasteiger partial charge < -0.3 is 9.47 Å². The van der Waals surface area contributed by atoms with Gasteiger partial charge in [0, 0.05) is 42.6 Å². The van der Waals surface area contributed by atoms with Crippen LogP contribution in [0.1, 0.15) is 48.7 Å². The summed E-state index contributed by atoms with van der Waals surface area (Å²) in [4.78, 5) is 13.7. The molecule has 144 valence electrons. The summed E-state index contributed by atoms with van der Waals surface area (Å²) in [6.45, 7) is 5.10. The van der Waals surface area contributed by atoms with Crippen molar-refractivity contribution in [2.75, 3.05) is 11.4 Å². The highest BCUT2D eigenvalue weighted by Crippen LogP contribution is 2.38. The van der Waals surface area contributed by atoms with Crippen molar-refractivity contribution in [3.63, 3.8) is 0 Å². The molecule has 0 atom stereocenters. The van der Waals surface area contributed by atoms with Crippen LogP contribution in [0, 0.1) is 13.8 Å². The number of hydrogen-bond acceptors (Lipinski definition) is 3. The van der Waals surface area contributed by atoms with Gasteiger partial charge in [-0.3, -0.25) is 4.79 Å². The van der Waals surface area contributed by atoms with Crippen molar-refractivity contribution >= 4 is 21.6 Å². The molecule has 1 aromatic heterocycles. The highest BCUT2D eigenvalue weighted by Gasteiger charge is 2.27. The van der Waals surface area contributed by atoms with E-state index in [1.807, 2.05) is 0 Å². The molecular formula is C20H25N3O3S. The first-order valence-corrected chi connectivity index (χ1v) is 10.9. The minimum absolute atomic E-state index is 0.0924. The number of amides is 1. The first-order valence-electron chi connectivity index (χ1n) is 9.44. The SMILES string of the molecule is Cc1cc(CNS(=O)(=O)c2ccc(N3CCCC3=O)cc2)c(C)n1C1CC1. The predicted molar refractivity (Wildman–Crippen MR) is 104 cm³/mol. The van der Waals surface area contributed by atoms with Crippen LogP contribution in [-0.4, -0.2) is 25.4 Å². The van der Waals surface area contributed by atoms with Crippen molar-refractivity contribution in [2.45, 2.75) is 57.0 Å². The van der Waals surface area contributed by atoms with E-state index in [0.717, 1.165) is 23.4 Å². The normalized spacial score (nSPS) is 17.7. The second-order valence-electron chi connectivity index (χ2n) is 7.46. The van der Waals surface area contributed by atoms with Crippen LogP contribution in [0.2, 0.25) is 0 Å². The van der Waals surface area contributed by atoms with E-state index in [1.54, 1.807) is 29.2 Å². The van der Waals surface area contributed by atoms with Gasteiger partial charge in [0.25, 0.3) is 0 Å². The Morgan fingerprint density at radius 3 is 2.44 bits per heavy atom. The zero-order chi connectivity index (χ0) is 19.2. The van der Waals surface area contributed by atoms with Crippen molar-refractivity contribution in [3.05, 3.63) is 47.3 Å². The van der Waals surface area contributed by atoms with E-state index >= 15 is 0 Å². The van der Waals surface area contributed by atoms with E-state index < -0.39 is 10.0 Å². The second kappa shape index (κ2) is 6.80. The van der Waals surface area contributed by atoms with Gasteiger partial charge in [0.1, 0.15) is 0 Å². The molecule has 27 heavy (non-hydrogen) atoms. The van der Waals surface area contributed by atoms with Crippen LogP contribution in [0.25, 0.3) is 0 Å². The third kappa shape index (κ3) is 3.53. The molecule has 1 saturated carbocycles. The highest BCUT2D eigenvalue weighted by atomic mass is 32.2. The molecule has 1 N–H and O–H groups in total. The Labute approximate surface area is 160 Å². The number of sulfonamides is 1. The van der Waals surface area contributed by atoms with Crippen molar-refractivity contribution < 1.29 is 13.2 Å². The molecule has 2 heterocycles. The van der Waals surface area contributed by atoms with E-state index in [9.17, 15) is 13.2 Å². The number of carbonyl (C=O) groups excluding carboxylic acids is 1. The fourth-order valence-electron chi connectivity index (χ4n) is 3.90. The summed E-state index contributed by atoms with van der Waals surface area (Å²) in [5.41, 5.74) is 4.09. The molecule has 1 aromatic carbocycles. The van der Waals surface area contributed by atoms with Gasteiger partial charge in [-0.25, -0.2) is 13.1 Å². The van der Waals surface area contributed by atoms with E-state index in [-0.39, 0.29) is 17.3 Å². The molecule has 2 aromatic rings. The lowest BCUT2D eigenvalue weighted by Gasteiger charge is -2.16. The number of hydrogen-bond donors (Lipinski definition) is 1. The van der Waals surface area contributed by atoms with Crippen LogP contribution < -0.4 is 9.62 Å². The average Bonchev–Trinajstić information content (AvgIpc) is 3.31. The summed E-state index contributed by atoms with van der Waals surface area (Å²) >= 11 is 0. The number of nitrogens with one attached hydrogen (secondary N) is 1. The standard InChI is InChI=1S/C20H25N3O3S/c1-14-12-16(15(2)23(14)18-5-6-18)13-21-27(25,26)19-9-7-17(8-10-19)22-11-3-4-20(22)24/h7-10,12,18,21H,3-6,11,13H2,1-2H3. The third-order valence-corrected chi connectivity index (χ3v) is 6.90. The van der Waals surface area contributed by atoms with Gasteiger partial charge in [-0.15, -0.1) is 0 Å². The van der Waals surface area contributed by atoms with Crippen LogP contribution in [0.5, 0.6) is 0 Å². The van der Waals surface area contributed by atoms with E-state index in [2.05, 4.69) is 29.2 Å². The summed E-state index contributed by atoms with van der Waals surface area (Å²) in [7, 11) is -3.60. The zero-order valence-electron chi connectivity index (χ0n) is 15.7. The molecule has 1 amide bonds. The molecule has 2 aliphatic rings. The van der Waals surface area contributed by atoms with Crippen LogP contribution in [0.3, 0.4) is 0 Å². The molecule has 2 fully saturated rings. The largest absolute Gasteiger partial charge is 0.346 e. The monoisotopic (exact) mass is 387 g/mol. The maximum absolute atomic E-state index is 12.7. The topological polar surface area (TPSA) is 71.4 Å². The summed E-state index contributed by atoms with van der Waals surface area (Å²) in [6.07, 6.45) is 3.81. The maximum Gasteiger partial charge on any atom is 0.240 e. The Kier molecular flexibility index (Phi) is 4.60. The van der Waals surface area contributed by atoms with Crippen LogP contribution in [-0.2, 0) is 21.4 Å². The summed E-state index contributed by atoms with van der Waals surface area (Å²) < 4.78 is 30.3. The van der Waals surface area contributed by atoms with Crippen molar-refractivity contribution in [1.29, 1.82) is 0 Å². The lowest BCUT2D eigenvalue weighted by molar-refractivity contribution is -0.117. The number of anilines is 1.